The van der Waals surface area contributed by atoms with Crippen molar-refractivity contribution in [2.24, 2.45) is 5.41 Å². The summed E-state index contributed by atoms with van der Waals surface area (Å²) in [6.45, 7) is 2.16. The molecule has 2 unspecified atom stereocenters. The van der Waals surface area contributed by atoms with Crippen LogP contribution >= 0.6 is 0 Å². The lowest BCUT2D eigenvalue weighted by Gasteiger charge is -2.49. The number of hydrogen-bond acceptors (Lipinski definition) is 2. The third-order valence-electron chi connectivity index (χ3n) is 4.39. The van der Waals surface area contributed by atoms with E-state index >= 15 is 0 Å². The van der Waals surface area contributed by atoms with Crippen LogP contribution in [0.4, 0.5) is 0 Å². The van der Waals surface area contributed by atoms with Crippen molar-refractivity contribution in [2.75, 3.05) is 0 Å². The third-order valence-corrected chi connectivity index (χ3v) is 4.39. The molecule has 2 aliphatic carbocycles. The van der Waals surface area contributed by atoms with Gasteiger partial charge in [-0.25, -0.2) is 0 Å². The fraction of sp³-hybridized carbons (Fsp3) is 1.00. The Balaban J connectivity index is 1.82. The first-order valence-corrected chi connectivity index (χ1v) is 6.05. The van der Waals surface area contributed by atoms with Crippen molar-refractivity contribution in [1.29, 1.82) is 0 Å². The SMILES string of the molecule is CCCCCC(O)C1(O)CCC12CC2. The Kier molecular flexibility index (Phi) is 2.61. The Morgan fingerprint density at radius 1 is 1.14 bits per heavy atom. The van der Waals surface area contributed by atoms with Crippen molar-refractivity contribution < 1.29 is 10.2 Å². The van der Waals surface area contributed by atoms with Crippen LogP contribution in [0.15, 0.2) is 0 Å². The third kappa shape index (κ3) is 1.40. The number of hydrogen-bond donors (Lipinski definition) is 2. The summed E-state index contributed by atoms with van der Waals surface area (Å²) in [5.41, 5.74) is -0.556. The molecule has 2 atom stereocenters. The maximum atomic E-state index is 10.3. The predicted molar refractivity (Wildman–Crippen MR) is 56.0 cm³/mol. The van der Waals surface area contributed by atoms with Gasteiger partial charge in [-0.15, -0.1) is 0 Å². The molecule has 2 N–H and O–H groups in total. The van der Waals surface area contributed by atoms with E-state index in [4.69, 9.17) is 0 Å². The summed E-state index contributed by atoms with van der Waals surface area (Å²) in [5, 5.41) is 20.3. The highest BCUT2D eigenvalue weighted by Gasteiger charge is 2.67. The van der Waals surface area contributed by atoms with Crippen molar-refractivity contribution >= 4 is 0 Å². The van der Waals surface area contributed by atoms with Crippen LogP contribution < -0.4 is 0 Å². The Bertz CT molecular complexity index is 210. The van der Waals surface area contributed by atoms with E-state index in [2.05, 4.69) is 6.92 Å². The van der Waals surface area contributed by atoms with Crippen LogP contribution in [0.2, 0.25) is 0 Å². The zero-order valence-corrected chi connectivity index (χ0v) is 9.13. The summed E-state index contributed by atoms with van der Waals surface area (Å²) < 4.78 is 0. The van der Waals surface area contributed by atoms with Gasteiger partial charge in [-0.2, -0.15) is 0 Å². The fourth-order valence-electron chi connectivity index (χ4n) is 2.92. The van der Waals surface area contributed by atoms with Gasteiger partial charge in [0.2, 0.25) is 0 Å². The van der Waals surface area contributed by atoms with Crippen molar-refractivity contribution in [1.82, 2.24) is 0 Å². The average Bonchev–Trinajstić information content (AvgIpc) is 2.96. The van der Waals surface area contributed by atoms with Crippen LogP contribution in [0.1, 0.15) is 58.3 Å². The molecule has 0 aliphatic heterocycles. The summed E-state index contributed by atoms with van der Waals surface area (Å²) in [7, 11) is 0. The first-order chi connectivity index (χ1) is 6.65. The summed E-state index contributed by atoms with van der Waals surface area (Å²) in [6.07, 6.45) is 7.93. The van der Waals surface area contributed by atoms with Gasteiger partial charge in [-0.1, -0.05) is 26.2 Å². The molecule has 2 fully saturated rings. The van der Waals surface area contributed by atoms with E-state index in [1.54, 1.807) is 0 Å². The maximum Gasteiger partial charge on any atom is 0.0961 e. The van der Waals surface area contributed by atoms with Crippen LogP contribution in [0, 0.1) is 5.41 Å². The second-order valence-electron chi connectivity index (χ2n) is 5.22. The molecule has 2 rings (SSSR count). The van der Waals surface area contributed by atoms with E-state index in [1.807, 2.05) is 0 Å². The molecule has 0 radical (unpaired) electrons. The topological polar surface area (TPSA) is 40.5 Å². The monoisotopic (exact) mass is 198 g/mol. The number of aliphatic hydroxyl groups is 2. The molecule has 2 heteroatoms. The van der Waals surface area contributed by atoms with Gasteiger partial charge in [-0.3, -0.25) is 0 Å². The number of rotatable bonds is 5. The molecule has 2 nitrogen and oxygen atoms in total. The Morgan fingerprint density at radius 2 is 1.79 bits per heavy atom. The lowest BCUT2D eigenvalue weighted by molar-refractivity contribution is -0.184. The van der Waals surface area contributed by atoms with Crippen molar-refractivity contribution in [3.8, 4) is 0 Å². The van der Waals surface area contributed by atoms with Gasteiger partial charge in [-0.05, 0) is 32.1 Å². The van der Waals surface area contributed by atoms with Gasteiger partial charge in [0.05, 0.1) is 11.7 Å². The van der Waals surface area contributed by atoms with Crippen molar-refractivity contribution in [3.63, 3.8) is 0 Å². The van der Waals surface area contributed by atoms with E-state index in [1.165, 1.54) is 12.8 Å². The first kappa shape index (κ1) is 10.4. The molecule has 0 heterocycles. The van der Waals surface area contributed by atoms with E-state index in [-0.39, 0.29) is 5.41 Å². The number of unbranched alkanes of at least 4 members (excludes halogenated alkanes) is 2. The zero-order chi connectivity index (χ0) is 10.2. The molecule has 0 bridgehead atoms. The standard InChI is InChI=1S/C12H22O2/c1-2-3-4-5-10(13)12(14)9-8-11(12)6-7-11/h10,13-14H,2-9H2,1H3. The van der Waals surface area contributed by atoms with Gasteiger partial charge in [0.1, 0.15) is 0 Å². The molecule has 0 aromatic carbocycles. The molecule has 0 amide bonds. The maximum absolute atomic E-state index is 10.3. The molecule has 82 valence electrons. The van der Waals surface area contributed by atoms with E-state index in [0.29, 0.717) is 0 Å². The van der Waals surface area contributed by atoms with Crippen LogP contribution in [0.25, 0.3) is 0 Å². The molecular formula is C12H22O2. The van der Waals surface area contributed by atoms with Crippen molar-refractivity contribution in [2.45, 2.75) is 70.0 Å². The lowest BCUT2D eigenvalue weighted by atomic mass is 9.62. The smallest absolute Gasteiger partial charge is 0.0961 e. The van der Waals surface area contributed by atoms with Gasteiger partial charge >= 0.3 is 0 Å². The molecule has 1 spiro atoms. The molecule has 14 heavy (non-hydrogen) atoms. The van der Waals surface area contributed by atoms with Crippen LogP contribution in [-0.2, 0) is 0 Å². The van der Waals surface area contributed by atoms with E-state index in [9.17, 15) is 10.2 Å². The van der Waals surface area contributed by atoms with Gasteiger partial charge in [0, 0.05) is 5.41 Å². The van der Waals surface area contributed by atoms with Gasteiger partial charge in [0.15, 0.2) is 0 Å². The highest BCUT2D eigenvalue weighted by molar-refractivity contribution is 5.18. The lowest BCUT2D eigenvalue weighted by Crippen LogP contribution is -2.57. The summed E-state index contributed by atoms with van der Waals surface area (Å²) in [5.74, 6) is 0. The highest BCUT2D eigenvalue weighted by Crippen LogP contribution is 2.68. The minimum atomic E-state index is -0.708. The molecule has 0 saturated heterocycles. The molecule has 0 aromatic heterocycles. The predicted octanol–water partition coefficient (Wildman–Crippen LogP) is 2.23. The summed E-state index contributed by atoms with van der Waals surface area (Å²) in [6, 6.07) is 0. The Morgan fingerprint density at radius 3 is 2.21 bits per heavy atom. The Labute approximate surface area is 86.3 Å². The minimum absolute atomic E-state index is 0.151. The van der Waals surface area contributed by atoms with Gasteiger partial charge in [0.25, 0.3) is 0 Å². The van der Waals surface area contributed by atoms with Crippen LogP contribution in [0.5, 0.6) is 0 Å². The van der Waals surface area contributed by atoms with E-state index in [0.717, 1.165) is 38.5 Å². The highest BCUT2D eigenvalue weighted by atomic mass is 16.3. The largest absolute Gasteiger partial charge is 0.390 e. The quantitative estimate of drug-likeness (QED) is 0.665. The van der Waals surface area contributed by atoms with E-state index < -0.39 is 11.7 Å². The molecule has 0 aromatic rings. The van der Waals surface area contributed by atoms with Crippen LogP contribution in [-0.4, -0.2) is 21.9 Å². The zero-order valence-electron chi connectivity index (χ0n) is 9.13. The van der Waals surface area contributed by atoms with Crippen LogP contribution in [0.3, 0.4) is 0 Å². The average molecular weight is 198 g/mol. The molecular weight excluding hydrogens is 176 g/mol. The molecule has 2 saturated carbocycles. The second-order valence-corrected chi connectivity index (χ2v) is 5.22. The first-order valence-electron chi connectivity index (χ1n) is 6.05. The summed E-state index contributed by atoms with van der Waals surface area (Å²) in [4.78, 5) is 0. The normalized spacial score (nSPS) is 35.4. The second kappa shape index (κ2) is 3.49. The Hall–Kier alpha value is -0.0800. The molecule has 2 aliphatic rings. The van der Waals surface area contributed by atoms with Gasteiger partial charge < -0.3 is 10.2 Å². The van der Waals surface area contributed by atoms with Crippen molar-refractivity contribution in [3.05, 3.63) is 0 Å². The fourth-order valence-corrected chi connectivity index (χ4v) is 2.92. The minimum Gasteiger partial charge on any atom is -0.390 e. The number of aliphatic hydroxyl groups excluding tert-OH is 1. The summed E-state index contributed by atoms with van der Waals surface area (Å²) >= 11 is 0.